The van der Waals surface area contributed by atoms with Crippen LogP contribution in [0.5, 0.6) is 0 Å². The minimum Gasteiger partial charge on any atom is -0.481 e. The van der Waals surface area contributed by atoms with Crippen molar-refractivity contribution in [2.75, 3.05) is 0 Å². The Kier molecular flexibility index (Phi) is 2.11. The molecule has 4 heteroatoms. The first-order valence-electron chi connectivity index (χ1n) is 2.64. The van der Waals surface area contributed by atoms with Gasteiger partial charge >= 0.3 is 5.97 Å². The van der Waals surface area contributed by atoms with Gasteiger partial charge in [-0.25, -0.2) is 0 Å². The molecule has 3 nitrogen and oxygen atoms in total. The minimum absolute atomic E-state index is 0.0758. The molecule has 1 N–H and O–H groups in total. The van der Waals surface area contributed by atoms with E-state index in [1.165, 1.54) is 6.26 Å². The van der Waals surface area contributed by atoms with Crippen molar-refractivity contribution in [1.82, 2.24) is 0 Å². The molecule has 1 aromatic rings. The molecule has 0 unspecified atom stereocenters. The van der Waals surface area contributed by atoms with Crippen LogP contribution in [0.1, 0.15) is 5.76 Å². The van der Waals surface area contributed by atoms with Crippen molar-refractivity contribution in [1.29, 1.82) is 0 Å². The van der Waals surface area contributed by atoms with Crippen LogP contribution in [0.3, 0.4) is 0 Å². The third-order valence-electron chi connectivity index (χ3n) is 1.00. The summed E-state index contributed by atoms with van der Waals surface area (Å²) < 4.78 is 5.55. The summed E-state index contributed by atoms with van der Waals surface area (Å²) in [7, 11) is 0. The zero-order chi connectivity index (χ0) is 7.56. The number of carboxylic acid groups (broad SMARTS) is 1. The standard InChI is InChI=1S/C6H5BrO3/c7-4-1-2-10-5(4)3-6(8)9/h1-2H,3H2,(H,8,9). The number of furan rings is 1. The number of aliphatic carboxylic acids is 1. The van der Waals surface area contributed by atoms with Gasteiger partial charge in [-0.15, -0.1) is 0 Å². The first kappa shape index (κ1) is 7.34. The molecule has 0 saturated heterocycles. The Balaban J connectivity index is 2.74. The number of hydrogen-bond donors (Lipinski definition) is 1. The normalized spacial score (nSPS) is 9.70. The molecule has 0 fully saturated rings. The number of carboxylic acids is 1. The fourth-order valence-corrected chi connectivity index (χ4v) is 0.930. The van der Waals surface area contributed by atoms with Gasteiger partial charge in [0.15, 0.2) is 0 Å². The molecule has 0 radical (unpaired) electrons. The molecular weight excluding hydrogens is 200 g/mol. The zero-order valence-electron chi connectivity index (χ0n) is 5.00. The number of rotatable bonds is 2. The smallest absolute Gasteiger partial charge is 0.311 e. The quantitative estimate of drug-likeness (QED) is 0.798. The van der Waals surface area contributed by atoms with Gasteiger partial charge in [-0.05, 0) is 22.0 Å². The Morgan fingerprint density at radius 3 is 2.90 bits per heavy atom. The van der Waals surface area contributed by atoms with E-state index in [-0.39, 0.29) is 6.42 Å². The third kappa shape index (κ3) is 1.60. The van der Waals surface area contributed by atoms with E-state index in [1.807, 2.05) is 0 Å². The highest BCUT2D eigenvalue weighted by molar-refractivity contribution is 9.10. The molecule has 0 atom stereocenters. The first-order valence-corrected chi connectivity index (χ1v) is 3.43. The van der Waals surface area contributed by atoms with Crippen molar-refractivity contribution in [3.63, 3.8) is 0 Å². The van der Waals surface area contributed by atoms with Crippen LogP contribution < -0.4 is 0 Å². The van der Waals surface area contributed by atoms with Crippen molar-refractivity contribution < 1.29 is 14.3 Å². The SMILES string of the molecule is O=C(O)Cc1occc1Br. The molecule has 54 valence electrons. The lowest BCUT2D eigenvalue weighted by molar-refractivity contribution is -0.136. The van der Waals surface area contributed by atoms with Crippen LogP contribution in [-0.4, -0.2) is 11.1 Å². The van der Waals surface area contributed by atoms with Crippen LogP contribution in [-0.2, 0) is 11.2 Å². The molecule has 0 saturated carbocycles. The molecule has 1 heterocycles. The van der Waals surface area contributed by atoms with Crippen LogP contribution in [0.15, 0.2) is 21.2 Å². The van der Waals surface area contributed by atoms with Gasteiger partial charge in [-0.3, -0.25) is 4.79 Å². The Bertz CT molecular complexity index is 241. The molecule has 0 aromatic carbocycles. The van der Waals surface area contributed by atoms with E-state index in [1.54, 1.807) is 6.07 Å². The second-order valence-electron chi connectivity index (χ2n) is 1.76. The number of hydrogen-bond acceptors (Lipinski definition) is 2. The summed E-state index contributed by atoms with van der Waals surface area (Å²) in [6.45, 7) is 0. The average molecular weight is 205 g/mol. The summed E-state index contributed by atoms with van der Waals surface area (Å²) in [5.74, 6) is -0.442. The van der Waals surface area contributed by atoms with E-state index in [0.717, 1.165) is 0 Å². The maximum atomic E-state index is 10.1. The van der Waals surface area contributed by atoms with Gasteiger partial charge in [0.1, 0.15) is 12.2 Å². The fraction of sp³-hybridized carbons (Fsp3) is 0.167. The molecule has 1 aromatic heterocycles. The van der Waals surface area contributed by atoms with Gasteiger partial charge < -0.3 is 9.52 Å². The molecule has 0 amide bonds. The summed E-state index contributed by atoms with van der Waals surface area (Å²) in [4.78, 5) is 10.1. The van der Waals surface area contributed by atoms with Crippen molar-refractivity contribution in [2.45, 2.75) is 6.42 Å². The predicted molar refractivity (Wildman–Crippen MR) is 37.7 cm³/mol. The maximum Gasteiger partial charge on any atom is 0.311 e. The van der Waals surface area contributed by atoms with Gasteiger partial charge in [0, 0.05) is 0 Å². The van der Waals surface area contributed by atoms with Crippen molar-refractivity contribution in [3.05, 3.63) is 22.6 Å². The van der Waals surface area contributed by atoms with Crippen LogP contribution in [0.2, 0.25) is 0 Å². The van der Waals surface area contributed by atoms with Gasteiger partial charge in [0.05, 0.1) is 10.7 Å². The van der Waals surface area contributed by atoms with Gasteiger partial charge in [0.2, 0.25) is 0 Å². The summed E-state index contributed by atoms with van der Waals surface area (Å²) in [5.41, 5.74) is 0. The van der Waals surface area contributed by atoms with E-state index >= 15 is 0 Å². The molecule has 0 aliphatic carbocycles. The molecular formula is C6H5BrO3. The first-order chi connectivity index (χ1) is 4.70. The molecule has 1 rings (SSSR count). The van der Waals surface area contributed by atoms with E-state index in [0.29, 0.717) is 10.2 Å². The lowest BCUT2D eigenvalue weighted by Crippen LogP contribution is -1.98. The van der Waals surface area contributed by atoms with E-state index in [9.17, 15) is 4.79 Å². The van der Waals surface area contributed by atoms with Crippen molar-refractivity contribution in [3.8, 4) is 0 Å². The Morgan fingerprint density at radius 1 is 1.80 bits per heavy atom. The van der Waals surface area contributed by atoms with E-state index in [2.05, 4.69) is 15.9 Å². The van der Waals surface area contributed by atoms with Gasteiger partial charge in [0.25, 0.3) is 0 Å². The van der Waals surface area contributed by atoms with Crippen molar-refractivity contribution >= 4 is 21.9 Å². The van der Waals surface area contributed by atoms with Crippen LogP contribution >= 0.6 is 15.9 Å². The van der Waals surface area contributed by atoms with Gasteiger partial charge in [-0.2, -0.15) is 0 Å². The monoisotopic (exact) mass is 204 g/mol. The molecule has 0 bridgehead atoms. The summed E-state index contributed by atoms with van der Waals surface area (Å²) in [5, 5.41) is 8.33. The zero-order valence-corrected chi connectivity index (χ0v) is 6.59. The van der Waals surface area contributed by atoms with Gasteiger partial charge in [-0.1, -0.05) is 0 Å². The topological polar surface area (TPSA) is 50.4 Å². The minimum atomic E-state index is -0.893. The average Bonchev–Trinajstić information content (AvgIpc) is 2.15. The second-order valence-corrected chi connectivity index (χ2v) is 2.62. The van der Waals surface area contributed by atoms with Crippen LogP contribution in [0.25, 0.3) is 0 Å². The Hall–Kier alpha value is -0.770. The summed E-state index contributed by atoms with van der Waals surface area (Å²) in [6, 6.07) is 1.66. The Labute approximate surface area is 65.8 Å². The molecule has 10 heavy (non-hydrogen) atoms. The number of carbonyl (C=O) groups is 1. The highest BCUT2D eigenvalue weighted by Gasteiger charge is 2.06. The lowest BCUT2D eigenvalue weighted by atomic mass is 10.3. The van der Waals surface area contributed by atoms with E-state index < -0.39 is 5.97 Å². The highest BCUT2D eigenvalue weighted by atomic mass is 79.9. The molecule has 0 aliphatic heterocycles. The van der Waals surface area contributed by atoms with Crippen LogP contribution in [0, 0.1) is 0 Å². The predicted octanol–water partition coefficient (Wildman–Crippen LogP) is 1.67. The van der Waals surface area contributed by atoms with Crippen LogP contribution in [0.4, 0.5) is 0 Å². The largest absolute Gasteiger partial charge is 0.481 e. The summed E-state index contributed by atoms with van der Waals surface area (Å²) in [6.07, 6.45) is 1.37. The summed E-state index contributed by atoms with van der Waals surface area (Å²) >= 11 is 3.14. The Morgan fingerprint density at radius 2 is 2.50 bits per heavy atom. The highest BCUT2D eigenvalue weighted by Crippen LogP contribution is 2.17. The lowest BCUT2D eigenvalue weighted by Gasteiger charge is -1.89. The molecule has 0 aliphatic rings. The third-order valence-corrected chi connectivity index (χ3v) is 1.71. The fourth-order valence-electron chi connectivity index (χ4n) is 0.589. The molecule has 0 spiro atoms. The van der Waals surface area contributed by atoms with Crippen molar-refractivity contribution in [2.24, 2.45) is 0 Å². The maximum absolute atomic E-state index is 10.1. The second kappa shape index (κ2) is 2.88. The van der Waals surface area contributed by atoms with E-state index in [4.69, 9.17) is 9.52 Å². The number of halogens is 1.